The fraction of sp³-hybridized carbons (Fsp3) is 0.500. The maximum Gasteiger partial charge on any atom is 0.157 e. The molecule has 0 radical (unpaired) electrons. The lowest BCUT2D eigenvalue weighted by molar-refractivity contribution is 0.352. The van der Waals surface area contributed by atoms with Crippen LogP contribution in [-0.4, -0.2) is 6.61 Å². The normalized spacial score (nSPS) is 12.8. The molecule has 0 aliphatic rings. The van der Waals surface area contributed by atoms with Crippen molar-refractivity contribution < 1.29 is 4.52 Å². The summed E-state index contributed by atoms with van der Waals surface area (Å²) in [6, 6.07) is 6.37. The van der Waals surface area contributed by atoms with E-state index in [2.05, 4.69) is 39.0 Å². The molecule has 0 bridgehead atoms. The highest BCUT2D eigenvalue weighted by Crippen LogP contribution is 2.41. The molecule has 0 heterocycles. The van der Waals surface area contributed by atoms with E-state index in [9.17, 15) is 0 Å². The number of unbranched alkanes of at least 4 members (excludes halogenated alkanes) is 1. The van der Waals surface area contributed by atoms with Crippen molar-refractivity contribution in [3.8, 4) is 0 Å². The van der Waals surface area contributed by atoms with Crippen molar-refractivity contribution >= 4 is 24.0 Å². The molecule has 0 aliphatic carbocycles. The van der Waals surface area contributed by atoms with Crippen molar-refractivity contribution in [1.82, 2.24) is 0 Å². The Morgan fingerprint density at radius 1 is 1.20 bits per heavy atom. The Hall–Kier alpha value is -0.100. The first-order valence-corrected chi connectivity index (χ1v) is 7.47. The standard InChI is InChI=1S/C12H18ClOP/c1-4-5-6-14-15(13)12-8-10(2)7-11(3)9-12/h7-9H,4-6H2,1-3H3. The summed E-state index contributed by atoms with van der Waals surface area (Å²) in [6.45, 7) is 7.08. The quantitative estimate of drug-likeness (QED) is 0.554. The van der Waals surface area contributed by atoms with Crippen molar-refractivity contribution in [1.29, 1.82) is 0 Å². The van der Waals surface area contributed by atoms with Crippen LogP contribution in [0.1, 0.15) is 30.9 Å². The molecule has 1 atom stereocenters. The maximum atomic E-state index is 6.23. The molecule has 1 aromatic rings. The molecule has 0 N–H and O–H groups in total. The van der Waals surface area contributed by atoms with E-state index in [4.69, 9.17) is 15.8 Å². The Kier molecular flexibility index (Phi) is 5.60. The molecule has 0 aromatic heterocycles. The average Bonchev–Trinajstić information content (AvgIpc) is 2.16. The monoisotopic (exact) mass is 244 g/mol. The average molecular weight is 245 g/mol. The second kappa shape index (κ2) is 6.48. The second-order valence-corrected chi connectivity index (χ2v) is 5.96. The molecular formula is C12H18ClOP. The summed E-state index contributed by atoms with van der Waals surface area (Å²) in [5.41, 5.74) is 2.49. The smallest absolute Gasteiger partial charge is 0.157 e. The van der Waals surface area contributed by atoms with Crippen molar-refractivity contribution in [2.45, 2.75) is 33.6 Å². The van der Waals surface area contributed by atoms with Crippen LogP contribution in [0.25, 0.3) is 0 Å². The van der Waals surface area contributed by atoms with E-state index in [1.54, 1.807) is 0 Å². The van der Waals surface area contributed by atoms with E-state index >= 15 is 0 Å². The van der Waals surface area contributed by atoms with Gasteiger partial charge in [-0.05, 0) is 32.4 Å². The van der Waals surface area contributed by atoms with Crippen molar-refractivity contribution in [3.05, 3.63) is 29.3 Å². The fourth-order valence-corrected chi connectivity index (χ4v) is 2.96. The summed E-state index contributed by atoms with van der Waals surface area (Å²) in [6.07, 6.45) is 2.23. The molecule has 0 saturated heterocycles. The van der Waals surface area contributed by atoms with Crippen LogP contribution < -0.4 is 5.30 Å². The molecule has 1 nitrogen and oxygen atoms in total. The van der Waals surface area contributed by atoms with Gasteiger partial charge < -0.3 is 4.52 Å². The number of halogens is 1. The third-order valence-corrected chi connectivity index (χ3v) is 4.06. The minimum absolute atomic E-state index is 0.763. The predicted octanol–water partition coefficient (Wildman–Crippen LogP) is 4.30. The number of hydrogen-bond acceptors (Lipinski definition) is 1. The summed E-state index contributed by atoms with van der Waals surface area (Å²) >= 11 is 6.23. The zero-order valence-electron chi connectivity index (χ0n) is 9.59. The van der Waals surface area contributed by atoms with Crippen molar-refractivity contribution in [2.24, 2.45) is 0 Å². The Labute approximate surface area is 98.4 Å². The summed E-state index contributed by atoms with van der Waals surface area (Å²) in [7, 11) is -0.947. The fourth-order valence-electron chi connectivity index (χ4n) is 1.42. The molecule has 0 fully saturated rings. The Morgan fingerprint density at radius 2 is 1.80 bits per heavy atom. The lowest BCUT2D eigenvalue weighted by Gasteiger charge is -2.11. The molecule has 1 unspecified atom stereocenters. The van der Waals surface area contributed by atoms with E-state index in [-0.39, 0.29) is 0 Å². The highest BCUT2D eigenvalue weighted by atomic mass is 35.7. The SMILES string of the molecule is CCCCOP(Cl)c1cc(C)cc(C)c1. The molecule has 0 amide bonds. The van der Waals surface area contributed by atoms with Gasteiger partial charge in [-0.1, -0.05) is 41.8 Å². The van der Waals surface area contributed by atoms with Crippen LogP contribution in [0.2, 0.25) is 0 Å². The van der Waals surface area contributed by atoms with Gasteiger partial charge in [0.1, 0.15) is 0 Å². The van der Waals surface area contributed by atoms with Crippen molar-refractivity contribution in [2.75, 3.05) is 6.61 Å². The maximum absolute atomic E-state index is 6.23. The Bertz CT molecular complexity index is 294. The summed E-state index contributed by atoms with van der Waals surface area (Å²) in [4.78, 5) is 0. The van der Waals surface area contributed by atoms with E-state index in [0.717, 1.165) is 24.8 Å². The summed E-state index contributed by atoms with van der Waals surface area (Å²) < 4.78 is 5.61. The molecule has 0 spiro atoms. The van der Waals surface area contributed by atoms with Gasteiger partial charge in [-0.3, -0.25) is 0 Å². The van der Waals surface area contributed by atoms with E-state index in [1.165, 1.54) is 11.1 Å². The van der Waals surface area contributed by atoms with E-state index in [0.29, 0.717) is 0 Å². The molecule has 3 heteroatoms. The van der Waals surface area contributed by atoms with Gasteiger partial charge in [0.2, 0.25) is 0 Å². The van der Waals surface area contributed by atoms with Gasteiger partial charge in [0, 0.05) is 5.30 Å². The molecule has 1 rings (SSSR count). The highest BCUT2D eigenvalue weighted by Gasteiger charge is 2.09. The number of aryl methyl sites for hydroxylation is 2. The first-order chi connectivity index (χ1) is 7.13. The third-order valence-electron chi connectivity index (χ3n) is 2.11. The number of hydrogen-bond donors (Lipinski definition) is 0. The van der Waals surface area contributed by atoms with Crippen LogP contribution in [-0.2, 0) is 4.52 Å². The van der Waals surface area contributed by atoms with Crippen LogP contribution in [0, 0.1) is 13.8 Å². The summed E-state index contributed by atoms with van der Waals surface area (Å²) in [5, 5.41) is 1.13. The topological polar surface area (TPSA) is 9.23 Å². The van der Waals surface area contributed by atoms with E-state index in [1.807, 2.05) is 0 Å². The largest absolute Gasteiger partial charge is 0.340 e. The lowest BCUT2D eigenvalue weighted by atomic mass is 10.2. The van der Waals surface area contributed by atoms with Gasteiger partial charge in [-0.25, -0.2) is 0 Å². The van der Waals surface area contributed by atoms with Crippen LogP contribution in [0.15, 0.2) is 18.2 Å². The molecular weight excluding hydrogens is 227 g/mol. The summed E-state index contributed by atoms with van der Waals surface area (Å²) in [5.74, 6) is 0. The van der Waals surface area contributed by atoms with Crippen LogP contribution in [0.3, 0.4) is 0 Å². The van der Waals surface area contributed by atoms with Gasteiger partial charge in [-0.15, -0.1) is 0 Å². The molecule has 0 aliphatic heterocycles. The van der Waals surface area contributed by atoms with Crippen LogP contribution in [0.5, 0.6) is 0 Å². The second-order valence-electron chi connectivity index (χ2n) is 3.78. The van der Waals surface area contributed by atoms with Crippen molar-refractivity contribution in [3.63, 3.8) is 0 Å². The minimum Gasteiger partial charge on any atom is -0.340 e. The molecule has 15 heavy (non-hydrogen) atoms. The number of rotatable bonds is 5. The Morgan fingerprint density at radius 3 is 2.33 bits per heavy atom. The predicted molar refractivity (Wildman–Crippen MR) is 69.2 cm³/mol. The molecule has 1 aromatic carbocycles. The molecule has 0 saturated carbocycles. The van der Waals surface area contributed by atoms with Gasteiger partial charge in [0.05, 0.1) is 6.61 Å². The zero-order chi connectivity index (χ0) is 11.3. The molecule has 84 valence electrons. The van der Waals surface area contributed by atoms with Gasteiger partial charge in [-0.2, -0.15) is 0 Å². The van der Waals surface area contributed by atoms with Gasteiger partial charge in [0.15, 0.2) is 7.50 Å². The first kappa shape index (κ1) is 13.0. The highest BCUT2D eigenvalue weighted by molar-refractivity contribution is 7.86. The third kappa shape index (κ3) is 4.51. The number of benzene rings is 1. The van der Waals surface area contributed by atoms with Crippen LogP contribution >= 0.6 is 18.7 Å². The first-order valence-electron chi connectivity index (χ1n) is 5.30. The van der Waals surface area contributed by atoms with E-state index < -0.39 is 7.50 Å². The van der Waals surface area contributed by atoms with Gasteiger partial charge >= 0.3 is 0 Å². The Balaban J connectivity index is 2.60. The van der Waals surface area contributed by atoms with Crippen LogP contribution in [0.4, 0.5) is 0 Å². The lowest BCUT2D eigenvalue weighted by Crippen LogP contribution is -2.02. The van der Waals surface area contributed by atoms with Gasteiger partial charge in [0.25, 0.3) is 0 Å². The zero-order valence-corrected chi connectivity index (χ0v) is 11.2. The minimum atomic E-state index is -0.947.